The first kappa shape index (κ1) is 23.0. The number of benzene rings is 2. The van der Waals surface area contributed by atoms with Crippen LogP contribution in [0, 0.1) is 10.1 Å². The van der Waals surface area contributed by atoms with Crippen molar-refractivity contribution >= 4 is 90.8 Å². The highest BCUT2D eigenvalue weighted by Gasteiger charge is 2.24. The second-order valence-corrected chi connectivity index (χ2v) is 9.67. The van der Waals surface area contributed by atoms with Crippen LogP contribution in [0.25, 0.3) is 10.1 Å². The minimum absolute atomic E-state index is 0.0524. The number of hydrogen-bond donors (Lipinski definition) is 1. The Kier molecular flexibility index (Phi) is 6.73. The highest BCUT2D eigenvalue weighted by Crippen LogP contribution is 2.36. The predicted molar refractivity (Wildman–Crippen MR) is 134 cm³/mol. The van der Waals surface area contributed by atoms with Gasteiger partial charge in [0.05, 0.1) is 20.7 Å². The molecule has 1 aromatic heterocycles. The van der Waals surface area contributed by atoms with Crippen LogP contribution in [0.5, 0.6) is 0 Å². The van der Waals surface area contributed by atoms with Crippen LogP contribution in [0.1, 0.15) is 9.67 Å². The number of amides is 1. The molecule has 2 heterocycles. The molecule has 0 saturated carbocycles. The number of hydrogen-bond acceptors (Lipinski definition) is 6. The Balaban J connectivity index is 1.39. The zero-order valence-corrected chi connectivity index (χ0v) is 20.2. The van der Waals surface area contributed by atoms with Crippen LogP contribution >= 0.6 is 58.4 Å². The molecular weight excluding hydrogens is 515 g/mol. The molecule has 0 unspecified atom stereocenters. The molecular formula is C20H15Cl3N4O3S2. The molecule has 32 heavy (non-hydrogen) atoms. The third-order valence-electron chi connectivity index (χ3n) is 5.07. The first-order valence-corrected chi connectivity index (χ1v) is 11.8. The van der Waals surface area contributed by atoms with Crippen LogP contribution in [0.2, 0.25) is 15.1 Å². The predicted octanol–water partition coefficient (Wildman–Crippen LogP) is 5.61. The van der Waals surface area contributed by atoms with Crippen molar-refractivity contribution in [3.63, 3.8) is 0 Å². The van der Waals surface area contributed by atoms with E-state index in [-0.39, 0.29) is 11.6 Å². The van der Waals surface area contributed by atoms with Gasteiger partial charge in [-0.3, -0.25) is 20.2 Å². The molecule has 4 rings (SSSR count). The van der Waals surface area contributed by atoms with E-state index in [1.165, 1.54) is 23.5 Å². The largest absolute Gasteiger partial charge is 0.367 e. The van der Waals surface area contributed by atoms with Gasteiger partial charge in [0.25, 0.3) is 11.6 Å². The van der Waals surface area contributed by atoms with E-state index in [0.717, 1.165) is 15.8 Å². The van der Waals surface area contributed by atoms with Gasteiger partial charge in [-0.2, -0.15) is 0 Å². The number of nitro benzene ring substituents is 1. The summed E-state index contributed by atoms with van der Waals surface area (Å²) >= 11 is 25.4. The number of piperazine rings is 1. The van der Waals surface area contributed by atoms with Gasteiger partial charge in [0.1, 0.15) is 4.88 Å². The first-order chi connectivity index (χ1) is 15.2. The third-order valence-corrected chi connectivity index (χ3v) is 7.62. The molecule has 1 N–H and O–H groups in total. The van der Waals surface area contributed by atoms with Gasteiger partial charge in [-0.25, -0.2) is 0 Å². The topological polar surface area (TPSA) is 78.7 Å². The van der Waals surface area contributed by atoms with Gasteiger partial charge in [-0.15, -0.1) is 11.3 Å². The van der Waals surface area contributed by atoms with Gasteiger partial charge in [0.15, 0.2) is 5.11 Å². The lowest BCUT2D eigenvalue weighted by atomic mass is 10.2. The number of nitro groups is 1. The van der Waals surface area contributed by atoms with Gasteiger partial charge in [-0.05, 0) is 30.4 Å². The number of thiophene rings is 1. The Morgan fingerprint density at radius 1 is 1.09 bits per heavy atom. The lowest BCUT2D eigenvalue weighted by Crippen LogP contribution is -2.52. The molecule has 3 aromatic rings. The number of nitrogens with one attached hydrogen (secondary N) is 1. The quantitative estimate of drug-likeness (QED) is 0.270. The molecule has 12 heteroatoms. The number of halogens is 3. The number of nitrogens with zero attached hydrogens (tertiary/aromatic N) is 3. The summed E-state index contributed by atoms with van der Waals surface area (Å²) in [5.74, 6) is -0.363. The Hall–Kier alpha value is -2.17. The van der Waals surface area contributed by atoms with Gasteiger partial charge >= 0.3 is 0 Å². The van der Waals surface area contributed by atoms with Crippen molar-refractivity contribution in [1.29, 1.82) is 0 Å². The van der Waals surface area contributed by atoms with Gasteiger partial charge in [-0.1, -0.05) is 40.9 Å². The molecule has 0 bridgehead atoms. The summed E-state index contributed by atoms with van der Waals surface area (Å²) in [6, 6.07) is 9.70. The number of carbonyl (C=O) groups is 1. The zero-order chi connectivity index (χ0) is 23.0. The van der Waals surface area contributed by atoms with Crippen molar-refractivity contribution in [2.24, 2.45) is 0 Å². The molecule has 0 atom stereocenters. The normalized spacial score (nSPS) is 14.0. The van der Waals surface area contributed by atoms with E-state index < -0.39 is 4.92 Å². The number of thiocarbonyl (C=S) groups is 1. The summed E-state index contributed by atoms with van der Waals surface area (Å²) in [7, 11) is 0. The molecule has 0 aliphatic carbocycles. The summed E-state index contributed by atoms with van der Waals surface area (Å²) < 4.78 is 0.826. The number of fused-ring (bicyclic) bond motifs is 1. The van der Waals surface area contributed by atoms with E-state index in [1.54, 1.807) is 24.3 Å². The standard InChI is InChI=1S/C20H15Cl3N4O3S2/c21-11-1-3-13-16(9-11)32-18(17(13)23)19(28)24-20(31)26-7-5-25(6-8-26)15-4-2-12(27(29)30)10-14(15)22/h1-4,9-10H,5-8H2,(H,24,28,31). The Bertz CT molecular complexity index is 1240. The molecule has 2 aromatic carbocycles. The number of non-ortho nitro benzene ring substituents is 1. The fraction of sp³-hybridized carbons (Fsp3) is 0.200. The van der Waals surface area contributed by atoms with Crippen LogP contribution in [-0.2, 0) is 0 Å². The highest BCUT2D eigenvalue weighted by molar-refractivity contribution is 7.80. The van der Waals surface area contributed by atoms with Crippen molar-refractivity contribution in [1.82, 2.24) is 10.2 Å². The number of anilines is 1. The number of carbonyl (C=O) groups excluding carboxylic acids is 1. The Labute approximate surface area is 207 Å². The summed E-state index contributed by atoms with van der Waals surface area (Å²) in [6.45, 7) is 2.30. The maximum Gasteiger partial charge on any atom is 0.271 e. The molecule has 1 fully saturated rings. The van der Waals surface area contributed by atoms with E-state index in [0.29, 0.717) is 51.2 Å². The van der Waals surface area contributed by atoms with E-state index >= 15 is 0 Å². The van der Waals surface area contributed by atoms with Gasteiger partial charge < -0.3 is 9.80 Å². The second kappa shape index (κ2) is 9.36. The highest BCUT2D eigenvalue weighted by atomic mass is 35.5. The summed E-state index contributed by atoms with van der Waals surface area (Å²) in [5.41, 5.74) is 0.672. The maximum absolute atomic E-state index is 12.8. The van der Waals surface area contributed by atoms with Gasteiger partial charge in [0.2, 0.25) is 0 Å². The second-order valence-electron chi connectivity index (χ2n) is 7.01. The molecule has 1 saturated heterocycles. The lowest BCUT2D eigenvalue weighted by molar-refractivity contribution is -0.384. The van der Waals surface area contributed by atoms with Crippen LogP contribution in [0.3, 0.4) is 0 Å². The van der Waals surface area contributed by atoms with Crippen LogP contribution in [0.4, 0.5) is 11.4 Å². The van der Waals surface area contributed by atoms with E-state index in [4.69, 9.17) is 47.0 Å². The fourth-order valence-electron chi connectivity index (χ4n) is 3.43. The van der Waals surface area contributed by atoms with Crippen molar-refractivity contribution in [3.05, 3.63) is 66.5 Å². The first-order valence-electron chi connectivity index (χ1n) is 9.41. The molecule has 1 aliphatic rings. The molecule has 1 aliphatic heterocycles. The molecule has 1 amide bonds. The van der Waals surface area contributed by atoms with Crippen LogP contribution in [0.15, 0.2) is 36.4 Å². The van der Waals surface area contributed by atoms with Crippen molar-refractivity contribution in [3.8, 4) is 0 Å². The third kappa shape index (κ3) is 4.62. The minimum Gasteiger partial charge on any atom is -0.367 e. The van der Waals surface area contributed by atoms with Crippen molar-refractivity contribution < 1.29 is 9.72 Å². The van der Waals surface area contributed by atoms with E-state index in [1.807, 2.05) is 9.80 Å². The Morgan fingerprint density at radius 2 is 1.81 bits per heavy atom. The number of rotatable bonds is 3. The molecule has 0 radical (unpaired) electrons. The average molecular weight is 530 g/mol. The van der Waals surface area contributed by atoms with E-state index in [2.05, 4.69) is 5.32 Å². The Morgan fingerprint density at radius 3 is 2.47 bits per heavy atom. The monoisotopic (exact) mass is 528 g/mol. The minimum atomic E-state index is -0.480. The summed E-state index contributed by atoms with van der Waals surface area (Å²) in [6.07, 6.45) is 0. The maximum atomic E-state index is 12.8. The molecule has 7 nitrogen and oxygen atoms in total. The zero-order valence-electron chi connectivity index (χ0n) is 16.3. The van der Waals surface area contributed by atoms with E-state index in [9.17, 15) is 14.9 Å². The van der Waals surface area contributed by atoms with Crippen LogP contribution in [-0.4, -0.2) is 47.0 Å². The molecule has 0 spiro atoms. The summed E-state index contributed by atoms with van der Waals surface area (Å²) in [4.78, 5) is 27.5. The average Bonchev–Trinajstić information content (AvgIpc) is 3.09. The summed E-state index contributed by atoms with van der Waals surface area (Å²) in [5, 5.41) is 16.0. The van der Waals surface area contributed by atoms with Crippen molar-refractivity contribution in [2.45, 2.75) is 0 Å². The fourth-order valence-corrected chi connectivity index (χ4v) is 5.69. The van der Waals surface area contributed by atoms with Crippen LogP contribution < -0.4 is 10.2 Å². The SMILES string of the molecule is O=C(NC(=S)N1CCN(c2ccc([N+](=O)[O-])cc2Cl)CC1)c1sc2cc(Cl)ccc2c1Cl. The lowest BCUT2D eigenvalue weighted by Gasteiger charge is -2.37. The smallest absolute Gasteiger partial charge is 0.271 e. The van der Waals surface area contributed by atoms with Gasteiger partial charge in [0, 0.05) is 53.4 Å². The van der Waals surface area contributed by atoms with Crippen molar-refractivity contribution in [2.75, 3.05) is 31.1 Å². The molecule has 166 valence electrons.